The molecule has 2 atom stereocenters. The van der Waals surface area contributed by atoms with Crippen molar-refractivity contribution in [2.75, 3.05) is 13.2 Å². The Labute approximate surface area is 119 Å². The van der Waals surface area contributed by atoms with Crippen LogP contribution in [0.1, 0.15) is 38.0 Å². The molecule has 0 fully saturated rings. The molecule has 108 valence electrons. The molecule has 0 bridgehead atoms. The third kappa shape index (κ3) is 2.00. The number of ether oxygens (including phenoxy) is 3. The van der Waals surface area contributed by atoms with E-state index in [1.54, 1.807) is 0 Å². The molecule has 2 aliphatic rings. The normalized spacial score (nSPS) is 26.2. The van der Waals surface area contributed by atoms with Crippen molar-refractivity contribution in [1.29, 1.82) is 0 Å². The summed E-state index contributed by atoms with van der Waals surface area (Å²) in [6.45, 7) is 6.71. The van der Waals surface area contributed by atoms with Gasteiger partial charge in [0, 0.05) is 12.2 Å². The average molecular weight is 276 g/mol. The number of fused-ring (bicyclic) bond motifs is 3. The Kier molecular flexibility index (Phi) is 3.22. The number of benzene rings is 1. The SMILES string of the molecule is CCO[C@@H]1c2c(ccc3c2OCC=C3)OC(C)(C)[C@@H]1O. The molecule has 2 heterocycles. The van der Waals surface area contributed by atoms with Crippen LogP contribution in [0, 0.1) is 0 Å². The zero-order valence-electron chi connectivity index (χ0n) is 12.1. The maximum Gasteiger partial charge on any atom is 0.136 e. The van der Waals surface area contributed by atoms with Gasteiger partial charge in [-0.15, -0.1) is 0 Å². The van der Waals surface area contributed by atoms with E-state index in [1.807, 2.05) is 45.1 Å². The van der Waals surface area contributed by atoms with Crippen LogP contribution in [-0.4, -0.2) is 30.0 Å². The first-order valence-corrected chi connectivity index (χ1v) is 6.99. The topological polar surface area (TPSA) is 47.9 Å². The summed E-state index contributed by atoms with van der Waals surface area (Å²) < 4.78 is 17.5. The van der Waals surface area contributed by atoms with Crippen molar-refractivity contribution in [3.63, 3.8) is 0 Å². The zero-order chi connectivity index (χ0) is 14.3. The fourth-order valence-electron chi connectivity index (χ4n) is 2.78. The average Bonchev–Trinajstić information content (AvgIpc) is 2.43. The third-order valence-electron chi connectivity index (χ3n) is 3.81. The highest BCUT2D eigenvalue weighted by Crippen LogP contribution is 2.48. The van der Waals surface area contributed by atoms with Gasteiger partial charge in [-0.2, -0.15) is 0 Å². The van der Waals surface area contributed by atoms with E-state index < -0.39 is 17.8 Å². The van der Waals surface area contributed by atoms with E-state index in [0.29, 0.717) is 13.2 Å². The van der Waals surface area contributed by atoms with Crippen LogP contribution in [0.2, 0.25) is 0 Å². The molecule has 0 aliphatic carbocycles. The highest BCUT2D eigenvalue weighted by Gasteiger charge is 2.45. The molecular formula is C16H20O4. The molecule has 0 radical (unpaired) electrons. The molecule has 0 aromatic heterocycles. The highest BCUT2D eigenvalue weighted by atomic mass is 16.5. The minimum absolute atomic E-state index is 0.430. The maximum atomic E-state index is 10.6. The molecule has 1 aromatic rings. The molecule has 1 aromatic carbocycles. The summed E-state index contributed by atoms with van der Waals surface area (Å²) in [5.41, 5.74) is 1.13. The largest absolute Gasteiger partial charge is 0.488 e. The first-order valence-electron chi connectivity index (χ1n) is 6.99. The molecule has 0 saturated carbocycles. The van der Waals surface area contributed by atoms with Gasteiger partial charge in [-0.1, -0.05) is 6.08 Å². The van der Waals surface area contributed by atoms with Crippen molar-refractivity contribution < 1.29 is 19.3 Å². The van der Waals surface area contributed by atoms with E-state index in [-0.39, 0.29) is 0 Å². The Balaban J connectivity index is 2.16. The van der Waals surface area contributed by atoms with Crippen LogP contribution in [0.4, 0.5) is 0 Å². The molecule has 20 heavy (non-hydrogen) atoms. The van der Waals surface area contributed by atoms with Gasteiger partial charge in [-0.25, -0.2) is 0 Å². The van der Waals surface area contributed by atoms with Gasteiger partial charge < -0.3 is 19.3 Å². The van der Waals surface area contributed by atoms with Crippen LogP contribution in [0.15, 0.2) is 18.2 Å². The van der Waals surface area contributed by atoms with Gasteiger partial charge >= 0.3 is 0 Å². The summed E-state index contributed by atoms with van der Waals surface area (Å²) in [5, 5.41) is 10.6. The molecule has 0 spiro atoms. The second kappa shape index (κ2) is 4.79. The van der Waals surface area contributed by atoms with Gasteiger partial charge in [0.25, 0.3) is 0 Å². The standard InChI is InChI=1S/C16H20O4/c1-4-18-14-12-11(20-16(2,3)15(14)17)8-7-10-6-5-9-19-13(10)12/h5-8,14-15,17H,4,9H2,1-3H3/t14-,15-/m1/s1. The molecule has 0 amide bonds. The lowest BCUT2D eigenvalue weighted by molar-refractivity contribution is -0.133. The summed E-state index contributed by atoms with van der Waals surface area (Å²) in [4.78, 5) is 0. The van der Waals surface area contributed by atoms with Crippen molar-refractivity contribution in [3.8, 4) is 11.5 Å². The lowest BCUT2D eigenvalue weighted by Crippen LogP contribution is -2.49. The Morgan fingerprint density at radius 1 is 1.40 bits per heavy atom. The summed E-state index contributed by atoms with van der Waals surface area (Å²) in [6.07, 6.45) is 2.82. The van der Waals surface area contributed by atoms with Crippen molar-refractivity contribution in [1.82, 2.24) is 0 Å². The predicted octanol–water partition coefficient (Wildman–Crippen LogP) is 2.70. The zero-order valence-corrected chi connectivity index (χ0v) is 12.1. The maximum absolute atomic E-state index is 10.6. The quantitative estimate of drug-likeness (QED) is 0.902. The van der Waals surface area contributed by atoms with Crippen LogP contribution in [-0.2, 0) is 4.74 Å². The molecule has 0 unspecified atom stereocenters. The molecular weight excluding hydrogens is 256 g/mol. The Morgan fingerprint density at radius 2 is 2.20 bits per heavy atom. The lowest BCUT2D eigenvalue weighted by atomic mass is 9.86. The van der Waals surface area contributed by atoms with Gasteiger partial charge in [0.1, 0.15) is 35.9 Å². The van der Waals surface area contributed by atoms with E-state index in [9.17, 15) is 5.11 Å². The number of rotatable bonds is 2. The lowest BCUT2D eigenvalue weighted by Gasteiger charge is -2.42. The van der Waals surface area contributed by atoms with Crippen molar-refractivity contribution in [3.05, 3.63) is 29.3 Å². The molecule has 2 aliphatic heterocycles. The number of hydrogen-bond donors (Lipinski definition) is 1. The van der Waals surface area contributed by atoms with Gasteiger partial charge in [-0.05, 0) is 39.0 Å². The van der Waals surface area contributed by atoms with E-state index in [0.717, 1.165) is 22.6 Å². The predicted molar refractivity (Wildman–Crippen MR) is 76.1 cm³/mol. The van der Waals surface area contributed by atoms with Crippen LogP contribution < -0.4 is 9.47 Å². The monoisotopic (exact) mass is 276 g/mol. The van der Waals surface area contributed by atoms with Crippen LogP contribution in [0.5, 0.6) is 11.5 Å². The fourth-order valence-corrected chi connectivity index (χ4v) is 2.78. The van der Waals surface area contributed by atoms with E-state index in [1.165, 1.54) is 0 Å². The van der Waals surface area contributed by atoms with Crippen molar-refractivity contribution >= 4 is 6.08 Å². The van der Waals surface area contributed by atoms with E-state index in [4.69, 9.17) is 14.2 Å². The van der Waals surface area contributed by atoms with Gasteiger partial charge in [0.05, 0.1) is 5.56 Å². The van der Waals surface area contributed by atoms with E-state index in [2.05, 4.69) is 0 Å². The van der Waals surface area contributed by atoms with Crippen LogP contribution in [0.25, 0.3) is 6.08 Å². The molecule has 1 N–H and O–H groups in total. The molecule has 3 rings (SSSR count). The summed E-state index contributed by atoms with van der Waals surface area (Å²) in [5.74, 6) is 1.49. The van der Waals surface area contributed by atoms with E-state index >= 15 is 0 Å². The van der Waals surface area contributed by atoms with Gasteiger partial charge in [0.2, 0.25) is 0 Å². The smallest absolute Gasteiger partial charge is 0.136 e. The third-order valence-corrected chi connectivity index (χ3v) is 3.81. The minimum atomic E-state index is -0.740. The minimum Gasteiger partial charge on any atom is -0.488 e. The Morgan fingerprint density at radius 3 is 2.95 bits per heavy atom. The summed E-state index contributed by atoms with van der Waals surface area (Å²) >= 11 is 0. The van der Waals surface area contributed by atoms with Crippen LogP contribution >= 0.6 is 0 Å². The first-order chi connectivity index (χ1) is 9.54. The van der Waals surface area contributed by atoms with Crippen molar-refractivity contribution in [2.45, 2.75) is 38.6 Å². The van der Waals surface area contributed by atoms with Crippen LogP contribution in [0.3, 0.4) is 0 Å². The molecule has 4 heteroatoms. The first kappa shape index (κ1) is 13.5. The fraction of sp³-hybridized carbons (Fsp3) is 0.500. The Hall–Kier alpha value is -1.52. The van der Waals surface area contributed by atoms with Crippen molar-refractivity contribution in [2.24, 2.45) is 0 Å². The highest BCUT2D eigenvalue weighted by molar-refractivity contribution is 5.66. The number of aliphatic hydroxyl groups excluding tert-OH is 1. The number of aliphatic hydroxyl groups is 1. The molecule has 0 saturated heterocycles. The number of hydrogen-bond acceptors (Lipinski definition) is 4. The van der Waals surface area contributed by atoms with Gasteiger partial charge in [0.15, 0.2) is 0 Å². The molecule has 4 nitrogen and oxygen atoms in total. The van der Waals surface area contributed by atoms with Gasteiger partial charge in [-0.3, -0.25) is 0 Å². The summed E-state index contributed by atoms with van der Waals surface area (Å²) in [7, 11) is 0. The second-order valence-corrected chi connectivity index (χ2v) is 5.64. The second-order valence-electron chi connectivity index (χ2n) is 5.64. The Bertz CT molecular complexity index is 548. The summed E-state index contributed by atoms with van der Waals surface area (Å²) in [6, 6.07) is 3.90.